The fourth-order valence-corrected chi connectivity index (χ4v) is 3.78. The predicted molar refractivity (Wildman–Crippen MR) is 112 cm³/mol. The van der Waals surface area contributed by atoms with Crippen LogP contribution in [0.25, 0.3) is 11.3 Å². The number of ether oxygens (including phenoxy) is 2. The summed E-state index contributed by atoms with van der Waals surface area (Å²) < 4.78 is 11.0. The smallest absolute Gasteiger partial charge is 0.257 e. The van der Waals surface area contributed by atoms with Gasteiger partial charge in [-0.3, -0.25) is 14.9 Å². The maximum atomic E-state index is 12.6. The lowest BCUT2D eigenvalue weighted by atomic mass is 10.1. The molecule has 1 aromatic heterocycles. The largest absolute Gasteiger partial charge is 0.486 e. The Kier molecular flexibility index (Phi) is 5.37. The van der Waals surface area contributed by atoms with Crippen molar-refractivity contribution in [3.8, 4) is 22.8 Å². The molecular formula is C20H16ClN3O4S. The number of nitrogens with one attached hydrogen (secondary N) is 2. The molecule has 0 aliphatic carbocycles. The lowest BCUT2D eigenvalue weighted by Gasteiger charge is -2.20. The quantitative estimate of drug-likeness (QED) is 0.639. The molecule has 4 rings (SSSR count). The Balaban J connectivity index is 1.48. The number of carbonyl (C=O) groups is 2. The van der Waals surface area contributed by atoms with Crippen molar-refractivity contribution in [3.05, 3.63) is 52.4 Å². The van der Waals surface area contributed by atoms with Crippen molar-refractivity contribution >= 4 is 45.6 Å². The number of hydrogen-bond donors (Lipinski definition) is 2. The molecule has 0 bridgehead atoms. The number of rotatable bonds is 4. The van der Waals surface area contributed by atoms with E-state index in [9.17, 15) is 9.59 Å². The molecule has 29 heavy (non-hydrogen) atoms. The number of nitrogens with zero attached hydrogens (tertiary/aromatic N) is 1. The fourth-order valence-electron chi connectivity index (χ4n) is 2.80. The second-order valence-electron chi connectivity index (χ2n) is 6.23. The van der Waals surface area contributed by atoms with Gasteiger partial charge in [0.2, 0.25) is 5.91 Å². The molecule has 0 radical (unpaired) electrons. The van der Waals surface area contributed by atoms with Crippen LogP contribution in [-0.2, 0) is 4.79 Å². The minimum atomic E-state index is -0.342. The van der Waals surface area contributed by atoms with Crippen LogP contribution >= 0.6 is 22.9 Å². The van der Waals surface area contributed by atoms with E-state index in [1.54, 1.807) is 24.3 Å². The Morgan fingerprint density at radius 3 is 2.62 bits per heavy atom. The number of amides is 2. The molecule has 2 N–H and O–H groups in total. The number of carbonyl (C=O) groups excluding carboxylic acids is 2. The van der Waals surface area contributed by atoms with Gasteiger partial charge in [-0.05, 0) is 24.3 Å². The molecule has 3 aromatic rings. The van der Waals surface area contributed by atoms with Gasteiger partial charge >= 0.3 is 0 Å². The van der Waals surface area contributed by atoms with Crippen molar-refractivity contribution < 1.29 is 19.1 Å². The summed E-state index contributed by atoms with van der Waals surface area (Å²) in [7, 11) is 0. The summed E-state index contributed by atoms with van der Waals surface area (Å²) in [6, 6.07) is 10.4. The second-order valence-corrected chi connectivity index (χ2v) is 7.50. The molecule has 0 saturated heterocycles. The molecule has 2 amide bonds. The van der Waals surface area contributed by atoms with Crippen molar-refractivity contribution in [1.29, 1.82) is 0 Å². The Bertz CT molecular complexity index is 1080. The van der Waals surface area contributed by atoms with Crippen LogP contribution in [0.3, 0.4) is 0 Å². The number of halogens is 1. The average Bonchev–Trinajstić information content (AvgIpc) is 3.16. The van der Waals surface area contributed by atoms with Crippen molar-refractivity contribution in [1.82, 2.24) is 4.98 Å². The van der Waals surface area contributed by atoms with E-state index in [4.69, 9.17) is 21.1 Å². The molecular weight excluding hydrogens is 414 g/mol. The Hall–Kier alpha value is -3.10. The van der Waals surface area contributed by atoms with Gasteiger partial charge in [-0.15, -0.1) is 11.3 Å². The average molecular weight is 430 g/mol. The van der Waals surface area contributed by atoms with E-state index in [-0.39, 0.29) is 11.8 Å². The van der Waals surface area contributed by atoms with Gasteiger partial charge in [0.25, 0.3) is 5.91 Å². The van der Waals surface area contributed by atoms with Gasteiger partial charge in [0.05, 0.1) is 10.7 Å². The van der Waals surface area contributed by atoms with Gasteiger partial charge in [0, 0.05) is 29.1 Å². The highest BCUT2D eigenvalue weighted by molar-refractivity contribution is 7.14. The van der Waals surface area contributed by atoms with Crippen molar-refractivity contribution in [2.75, 3.05) is 23.8 Å². The molecule has 0 saturated carbocycles. The zero-order valence-electron chi connectivity index (χ0n) is 15.3. The number of hydrogen-bond acceptors (Lipinski definition) is 6. The molecule has 1 aliphatic rings. The standard InChI is InChI=1S/C20H16ClN3O4S/c1-11(25)22-14-4-2-12(3-5-14)16-10-29-20(23-16)24-19(26)13-8-15(21)18-17(9-13)27-6-7-28-18/h2-5,8-10H,6-7H2,1H3,(H,22,25)(H,23,24,26). The zero-order valence-corrected chi connectivity index (χ0v) is 16.9. The van der Waals surface area contributed by atoms with Crippen LogP contribution in [0.1, 0.15) is 17.3 Å². The van der Waals surface area contributed by atoms with E-state index >= 15 is 0 Å². The molecule has 1 aliphatic heterocycles. The van der Waals surface area contributed by atoms with Crippen LogP contribution in [-0.4, -0.2) is 30.0 Å². The Morgan fingerprint density at radius 1 is 1.10 bits per heavy atom. The summed E-state index contributed by atoms with van der Waals surface area (Å²) in [5.74, 6) is 0.433. The maximum Gasteiger partial charge on any atom is 0.257 e. The minimum absolute atomic E-state index is 0.129. The number of anilines is 2. The third-order valence-electron chi connectivity index (χ3n) is 4.08. The summed E-state index contributed by atoms with van der Waals surface area (Å²) in [5, 5.41) is 8.12. The molecule has 9 heteroatoms. The highest BCUT2D eigenvalue weighted by atomic mass is 35.5. The monoisotopic (exact) mass is 429 g/mol. The van der Waals surface area contributed by atoms with Gasteiger partial charge < -0.3 is 14.8 Å². The summed E-state index contributed by atoms with van der Waals surface area (Å²) in [4.78, 5) is 28.2. The van der Waals surface area contributed by atoms with Crippen molar-refractivity contribution in [3.63, 3.8) is 0 Å². The molecule has 7 nitrogen and oxygen atoms in total. The Morgan fingerprint density at radius 2 is 1.86 bits per heavy atom. The van der Waals surface area contributed by atoms with Gasteiger partial charge in [-0.1, -0.05) is 23.7 Å². The Labute approximate surface area is 175 Å². The number of benzene rings is 2. The molecule has 0 atom stereocenters. The molecule has 0 spiro atoms. The van der Waals surface area contributed by atoms with Crippen molar-refractivity contribution in [2.24, 2.45) is 0 Å². The summed E-state index contributed by atoms with van der Waals surface area (Å²) in [5.41, 5.74) is 2.66. The van der Waals surface area contributed by atoms with E-state index < -0.39 is 0 Å². The lowest BCUT2D eigenvalue weighted by molar-refractivity contribution is -0.114. The van der Waals surface area contributed by atoms with Gasteiger partial charge in [0.15, 0.2) is 16.6 Å². The van der Waals surface area contributed by atoms with Crippen LogP contribution < -0.4 is 20.1 Å². The van der Waals surface area contributed by atoms with Gasteiger partial charge in [-0.25, -0.2) is 4.98 Å². The second kappa shape index (κ2) is 8.10. The van der Waals surface area contributed by atoms with Crippen LogP contribution in [0.15, 0.2) is 41.8 Å². The third-order valence-corrected chi connectivity index (χ3v) is 5.12. The summed E-state index contributed by atoms with van der Waals surface area (Å²) >= 11 is 7.51. The predicted octanol–water partition coefficient (Wildman–Crippen LogP) is 4.45. The van der Waals surface area contributed by atoms with Crippen LogP contribution in [0, 0.1) is 0 Å². The highest BCUT2D eigenvalue weighted by Crippen LogP contribution is 2.38. The fraction of sp³-hybridized carbons (Fsp3) is 0.150. The molecule has 0 fully saturated rings. The van der Waals surface area contributed by atoms with E-state index in [2.05, 4.69) is 15.6 Å². The van der Waals surface area contributed by atoms with E-state index in [1.807, 2.05) is 17.5 Å². The first-order valence-corrected chi connectivity index (χ1v) is 9.99. The maximum absolute atomic E-state index is 12.6. The molecule has 2 heterocycles. The molecule has 0 unspecified atom stereocenters. The van der Waals surface area contributed by atoms with E-state index in [0.29, 0.717) is 46.1 Å². The summed E-state index contributed by atoms with van der Waals surface area (Å²) in [6.07, 6.45) is 0. The van der Waals surface area contributed by atoms with Gasteiger partial charge in [-0.2, -0.15) is 0 Å². The van der Waals surface area contributed by atoms with Crippen LogP contribution in [0.4, 0.5) is 10.8 Å². The number of fused-ring (bicyclic) bond motifs is 1. The van der Waals surface area contributed by atoms with Gasteiger partial charge in [0.1, 0.15) is 13.2 Å². The van der Waals surface area contributed by atoms with Crippen LogP contribution in [0.5, 0.6) is 11.5 Å². The third kappa shape index (κ3) is 4.33. The zero-order chi connectivity index (χ0) is 20.4. The van der Waals surface area contributed by atoms with Crippen LogP contribution in [0.2, 0.25) is 5.02 Å². The number of aromatic nitrogens is 1. The SMILES string of the molecule is CC(=O)Nc1ccc(-c2csc(NC(=O)c3cc(Cl)c4c(c3)OCCO4)n2)cc1. The molecule has 2 aromatic carbocycles. The normalized spacial score (nSPS) is 12.3. The van der Waals surface area contributed by atoms with E-state index in [1.165, 1.54) is 18.3 Å². The first-order valence-electron chi connectivity index (χ1n) is 8.73. The highest BCUT2D eigenvalue weighted by Gasteiger charge is 2.20. The molecule has 148 valence electrons. The minimum Gasteiger partial charge on any atom is -0.486 e. The van der Waals surface area contributed by atoms with Crippen molar-refractivity contribution in [2.45, 2.75) is 6.92 Å². The summed E-state index contributed by atoms with van der Waals surface area (Å²) in [6.45, 7) is 2.29. The first kappa shape index (κ1) is 19.2. The first-order chi connectivity index (χ1) is 14.0. The number of thiazole rings is 1. The lowest BCUT2D eigenvalue weighted by Crippen LogP contribution is -2.17. The van der Waals surface area contributed by atoms with E-state index in [0.717, 1.165) is 11.3 Å². The topological polar surface area (TPSA) is 89.6 Å².